The predicted octanol–water partition coefficient (Wildman–Crippen LogP) is 2.64. The molecule has 1 aliphatic rings. The molecule has 0 radical (unpaired) electrons. The Bertz CT molecular complexity index is 831. The quantitative estimate of drug-likeness (QED) is 0.733. The number of hydrogen-bond donors (Lipinski definition) is 2. The van der Waals surface area contributed by atoms with Gasteiger partial charge in [-0.2, -0.15) is 0 Å². The molecule has 144 valence electrons. The van der Waals surface area contributed by atoms with Gasteiger partial charge >= 0.3 is 0 Å². The van der Waals surface area contributed by atoms with Gasteiger partial charge in [0.15, 0.2) is 0 Å². The maximum absolute atomic E-state index is 12.9. The van der Waals surface area contributed by atoms with E-state index in [1.54, 1.807) is 0 Å². The summed E-state index contributed by atoms with van der Waals surface area (Å²) in [5.41, 5.74) is 0.773. The minimum absolute atomic E-state index is 0. The van der Waals surface area contributed by atoms with Crippen LogP contribution >= 0.6 is 23.7 Å². The number of hydrogen-bond acceptors (Lipinski definition) is 5. The first-order valence-electron chi connectivity index (χ1n) is 9.15. The average molecular weight is 399 g/mol. The van der Waals surface area contributed by atoms with Gasteiger partial charge in [0.2, 0.25) is 0 Å². The lowest BCUT2D eigenvalue weighted by atomic mass is 10.2. The van der Waals surface area contributed by atoms with Crippen molar-refractivity contribution >= 4 is 39.9 Å². The standard InChI is InChI=1S/C18H26N4O2S.ClH/c1-3-8-19-9-10-20-16(23)15-12(2)14-17(25-15)21-13-7-5-4-6-11-22(13)18(14)24;/h19H,3-11H2,1-2H3,(H,20,23);1H. The van der Waals surface area contributed by atoms with Gasteiger partial charge in [0.05, 0.1) is 10.3 Å². The molecule has 0 fully saturated rings. The summed E-state index contributed by atoms with van der Waals surface area (Å²) in [4.78, 5) is 31.4. The van der Waals surface area contributed by atoms with Gasteiger partial charge in [-0.15, -0.1) is 23.7 Å². The maximum atomic E-state index is 12.9. The molecular weight excluding hydrogens is 372 g/mol. The summed E-state index contributed by atoms with van der Waals surface area (Å²) >= 11 is 1.34. The smallest absolute Gasteiger partial charge is 0.262 e. The first-order chi connectivity index (χ1) is 12.1. The molecule has 26 heavy (non-hydrogen) atoms. The van der Waals surface area contributed by atoms with E-state index in [1.165, 1.54) is 11.3 Å². The Morgan fingerprint density at radius 1 is 1.23 bits per heavy atom. The first kappa shape index (κ1) is 20.9. The Morgan fingerprint density at radius 3 is 2.81 bits per heavy atom. The summed E-state index contributed by atoms with van der Waals surface area (Å²) in [6, 6.07) is 0. The molecule has 0 saturated heterocycles. The molecule has 2 aromatic heterocycles. The number of halogens is 1. The molecule has 0 atom stereocenters. The van der Waals surface area contributed by atoms with E-state index in [4.69, 9.17) is 4.98 Å². The monoisotopic (exact) mass is 398 g/mol. The van der Waals surface area contributed by atoms with Crippen molar-refractivity contribution in [3.8, 4) is 0 Å². The molecule has 0 saturated carbocycles. The fraction of sp³-hybridized carbons (Fsp3) is 0.611. The Hall–Kier alpha value is -1.44. The van der Waals surface area contributed by atoms with Crippen molar-refractivity contribution in [1.82, 2.24) is 20.2 Å². The number of amides is 1. The summed E-state index contributed by atoms with van der Waals surface area (Å²) < 4.78 is 1.81. The highest BCUT2D eigenvalue weighted by molar-refractivity contribution is 7.20. The second-order valence-corrected chi connectivity index (χ2v) is 7.54. The minimum Gasteiger partial charge on any atom is -0.350 e. The zero-order valence-electron chi connectivity index (χ0n) is 15.4. The van der Waals surface area contributed by atoms with Gasteiger partial charge in [0.1, 0.15) is 10.7 Å². The van der Waals surface area contributed by atoms with Crippen molar-refractivity contribution in [3.63, 3.8) is 0 Å². The number of thiophene rings is 1. The number of rotatable bonds is 6. The zero-order chi connectivity index (χ0) is 17.8. The van der Waals surface area contributed by atoms with Gasteiger partial charge in [0, 0.05) is 26.1 Å². The van der Waals surface area contributed by atoms with Crippen molar-refractivity contribution in [3.05, 3.63) is 26.6 Å². The third-order valence-electron chi connectivity index (χ3n) is 4.63. The van der Waals surface area contributed by atoms with E-state index in [9.17, 15) is 9.59 Å². The van der Waals surface area contributed by atoms with Crippen molar-refractivity contribution in [1.29, 1.82) is 0 Å². The molecule has 0 bridgehead atoms. The number of carbonyl (C=O) groups is 1. The van der Waals surface area contributed by atoms with E-state index in [0.29, 0.717) is 21.6 Å². The summed E-state index contributed by atoms with van der Waals surface area (Å²) in [5, 5.41) is 6.80. The van der Waals surface area contributed by atoms with Gasteiger partial charge in [-0.25, -0.2) is 4.98 Å². The van der Waals surface area contributed by atoms with Crippen molar-refractivity contribution in [2.24, 2.45) is 0 Å². The number of carbonyl (C=O) groups excluding carboxylic acids is 1. The molecule has 8 heteroatoms. The molecule has 0 aromatic carbocycles. The molecule has 1 aliphatic heterocycles. The number of aromatic nitrogens is 2. The van der Waals surface area contributed by atoms with Gasteiger partial charge in [-0.3, -0.25) is 14.2 Å². The zero-order valence-corrected chi connectivity index (χ0v) is 17.0. The number of nitrogens with zero attached hydrogens (tertiary/aromatic N) is 2. The van der Waals surface area contributed by atoms with Gasteiger partial charge in [-0.05, 0) is 38.3 Å². The van der Waals surface area contributed by atoms with E-state index in [2.05, 4.69) is 17.6 Å². The molecule has 3 rings (SSSR count). The van der Waals surface area contributed by atoms with Crippen LogP contribution in [0.5, 0.6) is 0 Å². The Morgan fingerprint density at radius 2 is 2.04 bits per heavy atom. The third-order valence-corrected chi connectivity index (χ3v) is 5.82. The van der Waals surface area contributed by atoms with Crippen LogP contribution < -0.4 is 16.2 Å². The van der Waals surface area contributed by atoms with Crippen LogP contribution in [0, 0.1) is 6.92 Å². The van der Waals surface area contributed by atoms with Gasteiger partial charge < -0.3 is 10.6 Å². The molecule has 1 amide bonds. The third kappa shape index (κ3) is 4.27. The van der Waals surface area contributed by atoms with Crippen molar-refractivity contribution < 1.29 is 4.79 Å². The fourth-order valence-electron chi connectivity index (χ4n) is 3.27. The van der Waals surface area contributed by atoms with Crippen LogP contribution in [-0.4, -0.2) is 35.1 Å². The molecule has 3 heterocycles. The minimum atomic E-state index is -0.113. The van der Waals surface area contributed by atoms with E-state index < -0.39 is 0 Å². The lowest BCUT2D eigenvalue weighted by Crippen LogP contribution is -2.32. The largest absolute Gasteiger partial charge is 0.350 e. The normalized spacial score (nSPS) is 13.8. The molecule has 6 nitrogen and oxygen atoms in total. The number of nitrogens with one attached hydrogen (secondary N) is 2. The van der Waals surface area contributed by atoms with E-state index in [-0.39, 0.29) is 23.9 Å². The first-order valence-corrected chi connectivity index (χ1v) is 9.96. The van der Waals surface area contributed by atoms with Crippen molar-refractivity contribution in [2.45, 2.75) is 52.5 Å². The summed E-state index contributed by atoms with van der Waals surface area (Å²) in [7, 11) is 0. The summed E-state index contributed by atoms with van der Waals surface area (Å²) in [6.45, 7) is 6.98. The maximum Gasteiger partial charge on any atom is 0.262 e. The SMILES string of the molecule is CCCNCCNC(=O)c1sc2nc3n(c(=O)c2c1C)CCCCC3.Cl. The average Bonchev–Trinajstić information content (AvgIpc) is 2.78. The second kappa shape index (κ2) is 9.48. The fourth-order valence-corrected chi connectivity index (χ4v) is 4.38. The van der Waals surface area contributed by atoms with Crippen LogP contribution in [0.1, 0.15) is 53.7 Å². The second-order valence-electron chi connectivity index (χ2n) is 6.54. The molecule has 2 N–H and O–H groups in total. The Kier molecular flexibility index (Phi) is 7.61. The highest BCUT2D eigenvalue weighted by Gasteiger charge is 2.21. The molecular formula is C18H27ClN4O2S. The Labute approximate surface area is 163 Å². The van der Waals surface area contributed by atoms with Crippen LogP contribution in [-0.2, 0) is 13.0 Å². The van der Waals surface area contributed by atoms with Crippen LogP contribution in [0.25, 0.3) is 10.2 Å². The molecule has 0 aliphatic carbocycles. The lowest BCUT2D eigenvalue weighted by molar-refractivity contribution is 0.0957. The van der Waals surface area contributed by atoms with Crippen LogP contribution in [0.15, 0.2) is 4.79 Å². The highest BCUT2D eigenvalue weighted by atomic mass is 35.5. The molecule has 2 aromatic rings. The summed E-state index contributed by atoms with van der Waals surface area (Å²) in [6.07, 6.45) is 5.13. The topological polar surface area (TPSA) is 76.0 Å². The lowest BCUT2D eigenvalue weighted by Gasteiger charge is -2.08. The van der Waals surface area contributed by atoms with E-state index >= 15 is 0 Å². The molecule has 0 spiro atoms. The van der Waals surface area contributed by atoms with Crippen LogP contribution in [0.4, 0.5) is 0 Å². The highest BCUT2D eigenvalue weighted by Crippen LogP contribution is 2.28. The van der Waals surface area contributed by atoms with Crippen molar-refractivity contribution in [2.75, 3.05) is 19.6 Å². The van der Waals surface area contributed by atoms with Gasteiger partial charge in [0.25, 0.3) is 11.5 Å². The molecule has 0 unspecified atom stereocenters. The van der Waals surface area contributed by atoms with E-state index in [1.807, 2.05) is 11.5 Å². The predicted molar refractivity (Wildman–Crippen MR) is 109 cm³/mol. The van der Waals surface area contributed by atoms with Crippen LogP contribution in [0.2, 0.25) is 0 Å². The van der Waals surface area contributed by atoms with E-state index in [0.717, 1.165) is 63.1 Å². The van der Waals surface area contributed by atoms with Gasteiger partial charge in [-0.1, -0.05) is 13.3 Å². The van der Waals surface area contributed by atoms with Crippen LogP contribution in [0.3, 0.4) is 0 Å². The number of fused-ring (bicyclic) bond motifs is 2. The Balaban J connectivity index is 0.00000243. The summed E-state index contributed by atoms with van der Waals surface area (Å²) in [5.74, 6) is 0.755. The number of aryl methyl sites for hydroxylation is 2.